The van der Waals surface area contributed by atoms with Crippen LogP contribution in [0.4, 0.5) is 5.69 Å². The van der Waals surface area contributed by atoms with Crippen molar-refractivity contribution in [3.63, 3.8) is 0 Å². The second-order valence-electron chi connectivity index (χ2n) is 5.76. The van der Waals surface area contributed by atoms with E-state index < -0.39 is 0 Å². The van der Waals surface area contributed by atoms with E-state index in [-0.39, 0.29) is 5.91 Å². The molecule has 4 nitrogen and oxygen atoms in total. The minimum Gasteiger partial charge on any atom is -0.308 e. The first-order chi connectivity index (χ1) is 11.8. The van der Waals surface area contributed by atoms with Gasteiger partial charge in [-0.3, -0.25) is 4.79 Å². The third kappa shape index (κ3) is 2.74. The molecular formula is C20H17N3O. The average Bonchev–Trinajstić information content (AvgIpc) is 3.30. The lowest BCUT2D eigenvalue weighted by molar-refractivity contribution is -0.114. The lowest BCUT2D eigenvalue weighted by Crippen LogP contribution is -2.26. The molecule has 0 saturated heterocycles. The van der Waals surface area contributed by atoms with Crippen molar-refractivity contribution in [1.82, 2.24) is 9.55 Å². The van der Waals surface area contributed by atoms with Gasteiger partial charge in [0.05, 0.1) is 6.33 Å². The van der Waals surface area contributed by atoms with Gasteiger partial charge in [-0.1, -0.05) is 30.3 Å². The first kappa shape index (κ1) is 14.5. The first-order valence-electron chi connectivity index (χ1n) is 7.97. The first-order valence-corrected chi connectivity index (χ1v) is 7.97. The fourth-order valence-corrected chi connectivity index (χ4v) is 2.99. The van der Waals surface area contributed by atoms with E-state index in [9.17, 15) is 4.79 Å². The number of fused-ring (bicyclic) bond motifs is 1. The molecule has 4 heteroatoms. The molecule has 0 saturated carbocycles. The molecule has 3 aromatic rings. The average molecular weight is 315 g/mol. The van der Waals surface area contributed by atoms with Crippen LogP contribution >= 0.6 is 0 Å². The number of rotatable bonds is 3. The minimum absolute atomic E-state index is 0.0265. The lowest BCUT2D eigenvalue weighted by atomic mass is 10.2. The van der Waals surface area contributed by atoms with Crippen LogP contribution in [0.3, 0.4) is 0 Å². The third-order valence-electron chi connectivity index (χ3n) is 4.27. The van der Waals surface area contributed by atoms with Gasteiger partial charge in [-0.2, -0.15) is 0 Å². The van der Waals surface area contributed by atoms with Gasteiger partial charge in [-0.25, -0.2) is 4.98 Å². The molecule has 0 N–H and O–H groups in total. The Morgan fingerprint density at radius 3 is 2.71 bits per heavy atom. The van der Waals surface area contributed by atoms with Gasteiger partial charge in [-0.05, 0) is 41.8 Å². The fourth-order valence-electron chi connectivity index (χ4n) is 2.99. The summed E-state index contributed by atoms with van der Waals surface area (Å²) in [5.41, 5.74) is 4.32. The molecule has 0 radical (unpaired) electrons. The number of para-hydroxylation sites is 1. The van der Waals surface area contributed by atoms with E-state index in [1.54, 1.807) is 18.6 Å². The van der Waals surface area contributed by atoms with Crippen LogP contribution in [0.5, 0.6) is 0 Å². The Morgan fingerprint density at radius 1 is 1.08 bits per heavy atom. The molecule has 118 valence electrons. The number of aromatic nitrogens is 2. The van der Waals surface area contributed by atoms with Crippen molar-refractivity contribution >= 4 is 17.7 Å². The van der Waals surface area contributed by atoms with Gasteiger partial charge in [0.25, 0.3) is 5.91 Å². The number of imidazole rings is 1. The van der Waals surface area contributed by atoms with Gasteiger partial charge in [0.2, 0.25) is 0 Å². The maximum Gasteiger partial charge on any atom is 0.251 e. The molecule has 0 spiro atoms. The van der Waals surface area contributed by atoms with Crippen LogP contribution in [0.2, 0.25) is 0 Å². The normalized spacial score (nSPS) is 13.4. The summed E-state index contributed by atoms with van der Waals surface area (Å²) in [5.74, 6) is 0.0265. The van der Waals surface area contributed by atoms with Crippen LogP contribution in [0, 0.1) is 0 Å². The van der Waals surface area contributed by atoms with Crippen LogP contribution in [-0.2, 0) is 11.2 Å². The van der Waals surface area contributed by atoms with Gasteiger partial charge in [0.15, 0.2) is 0 Å². The molecule has 0 aliphatic carbocycles. The summed E-state index contributed by atoms with van der Waals surface area (Å²) in [6.07, 6.45) is 9.85. The number of hydrogen-bond acceptors (Lipinski definition) is 2. The Balaban J connectivity index is 1.48. The van der Waals surface area contributed by atoms with Crippen molar-refractivity contribution < 1.29 is 4.79 Å². The predicted molar refractivity (Wildman–Crippen MR) is 95.1 cm³/mol. The smallest absolute Gasteiger partial charge is 0.251 e. The molecule has 1 aliphatic rings. The molecule has 1 amide bonds. The van der Waals surface area contributed by atoms with E-state index >= 15 is 0 Å². The Morgan fingerprint density at radius 2 is 1.92 bits per heavy atom. The van der Waals surface area contributed by atoms with Gasteiger partial charge < -0.3 is 9.47 Å². The van der Waals surface area contributed by atoms with Crippen molar-refractivity contribution in [3.05, 3.63) is 84.5 Å². The highest BCUT2D eigenvalue weighted by Crippen LogP contribution is 2.27. The summed E-state index contributed by atoms with van der Waals surface area (Å²) in [7, 11) is 0. The standard InChI is InChI=1S/C20H17N3O/c24-20(23-13-11-17-3-1-2-4-19(17)23)10-7-16-5-8-18(9-6-16)22-14-12-21-15-22/h1-10,12,14-15H,11,13H2/b10-7+. The van der Waals surface area contributed by atoms with E-state index in [1.807, 2.05) is 64.2 Å². The number of hydrogen-bond donors (Lipinski definition) is 0. The molecular weight excluding hydrogens is 298 g/mol. The summed E-state index contributed by atoms with van der Waals surface area (Å²) in [6, 6.07) is 16.1. The van der Waals surface area contributed by atoms with E-state index in [0.29, 0.717) is 0 Å². The largest absolute Gasteiger partial charge is 0.308 e. The van der Waals surface area contributed by atoms with E-state index in [0.717, 1.165) is 29.9 Å². The summed E-state index contributed by atoms with van der Waals surface area (Å²) < 4.78 is 1.94. The number of anilines is 1. The Hall–Kier alpha value is -3.14. The highest BCUT2D eigenvalue weighted by molar-refractivity contribution is 6.05. The number of carbonyl (C=O) groups is 1. The molecule has 1 aliphatic heterocycles. The predicted octanol–water partition coefficient (Wildman–Crippen LogP) is 3.47. The molecule has 0 atom stereocenters. The van der Waals surface area contributed by atoms with Crippen LogP contribution in [-0.4, -0.2) is 22.0 Å². The zero-order chi connectivity index (χ0) is 16.4. The Labute approximate surface area is 140 Å². The second-order valence-corrected chi connectivity index (χ2v) is 5.76. The number of benzene rings is 2. The molecule has 1 aromatic heterocycles. The van der Waals surface area contributed by atoms with Crippen molar-refractivity contribution in [1.29, 1.82) is 0 Å². The molecule has 0 fully saturated rings. The van der Waals surface area contributed by atoms with Crippen molar-refractivity contribution in [2.45, 2.75) is 6.42 Å². The highest BCUT2D eigenvalue weighted by Gasteiger charge is 2.22. The van der Waals surface area contributed by atoms with Crippen LogP contribution in [0.1, 0.15) is 11.1 Å². The topological polar surface area (TPSA) is 38.1 Å². The zero-order valence-corrected chi connectivity index (χ0v) is 13.2. The van der Waals surface area contributed by atoms with E-state index in [1.165, 1.54) is 5.56 Å². The molecule has 0 bridgehead atoms. The number of carbonyl (C=O) groups excluding carboxylic acids is 1. The Bertz CT molecular complexity index is 880. The van der Waals surface area contributed by atoms with Gasteiger partial charge in [-0.15, -0.1) is 0 Å². The maximum atomic E-state index is 12.5. The maximum absolute atomic E-state index is 12.5. The summed E-state index contributed by atoms with van der Waals surface area (Å²) in [6.45, 7) is 0.752. The van der Waals surface area contributed by atoms with Crippen molar-refractivity contribution in [2.75, 3.05) is 11.4 Å². The molecule has 24 heavy (non-hydrogen) atoms. The molecule has 4 rings (SSSR count). The zero-order valence-electron chi connectivity index (χ0n) is 13.2. The van der Waals surface area contributed by atoms with Gasteiger partial charge in [0, 0.05) is 36.4 Å². The van der Waals surface area contributed by atoms with Crippen LogP contribution < -0.4 is 4.90 Å². The second kappa shape index (κ2) is 6.16. The summed E-state index contributed by atoms with van der Waals surface area (Å²) in [5, 5.41) is 0. The van der Waals surface area contributed by atoms with Gasteiger partial charge >= 0.3 is 0 Å². The Kier molecular flexibility index (Phi) is 3.71. The molecule has 2 aromatic carbocycles. The van der Waals surface area contributed by atoms with E-state index in [2.05, 4.69) is 11.1 Å². The number of amides is 1. The van der Waals surface area contributed by atoms with Crippen LogP contribution in [0.25, 0.3) is 11.8 Å². The molecule has 0 unspecified atom stereocenters. The summed E-state index contributed by atoms with van der Waals surface area (Å²) in [4.78, 5) is 18.3. The molecule has 2 heterocycles. The lowest BCUT2D eigenvalue weighted by Gasteiger charge is -2.14. The quantitative estimate of drug-likeness (QED) is 0.694. The van der Waals surface area contributed by atoms with Crippen molar-refractivity contribution in [3.8, 4) is 5.69 Å². The van der Waals surface area contributed by atoms with Crippen molar-refractivity contribution in [2.24, 2.45) is 0 Å². The van der Waals surface area contributed by atoms with Gasteiger partial charge in [0.1, 0.15) is 0 Å². The van der Waals surface area contributed by atoms with Crippen LogP contribution in [0.15, 0.2) is 73.3 Å². The fraction of sp³-hybridized carbons (Fsp3) is 0.100. The SMILES string of the molecule is O=C(/C=C/c1ccc(-n2ccnc2)cc1)N1CCc2ccccc21. The highest BCUT2D eigenvalue weighted by atomic mass is 16.2. The van der Waals surface area contributed by atoms with E-state index in [4.69, 9.17) is 0 Å². The minimum atomic E-state index is 0.0265. The summed E-state index contributed by atoms with van der Waals surface area (Å²) >= 11 is 0. The third-order valence-corrected chi connectivity index (χ3v) is 4.27. The monoisotopic (exact) mass is 315 g/mol. The number of nitrogens with zero attached hydrogens (tertiary/aromatic N) is 3.